The number of hydrogen-bond donors (Lipinski definition) is 0. The molecule has 1 nitrogen and oxygen atoms in total. The molecule has 0 spiro atoms. The maximum absolute atomic E-state index is 5.94. The first-order chi connectivity index (χ1) is 6.86. The highest BCUT2D eigenvalue weighted by Gasteiger charge is 2.43. The van der Waals surface area contributed by atoms with Crippen molar-refractivity contribution in [1.82, 2.24) is 0 Å². The van der Waals surface area contributed by atoms with Crippen LogP contribution in [0.25, 0.3) is 0 Å². The van der Waals surface area contributed by atoms with E-state index in [0.29, 0.717) is 11.8 Å². The molecule has 2 heteroatoms. The summed E-state index contributed by atoms with van der Waals surface area (Å²) in [5.41, 5.74) is 0. The predicted molar refractivity (Wildman–Crippen MR) is 60.1 cm³/mol. The van der Waals surface area contributed by atoms with E-state index < -0.39 is 0 Å². The second kappa shape index (κ2) is 3.21. The van der Waals surface area contributed by atoms with Crippen LogP contribution in [0.3, 0.4) is 0 Å². The molecule has 0 aromatic heterocycles. The Morgan fingerprint density at radius 2 is 1.79 bits per heavy atom. The van der Waals surface area contributed by atoms with Crippen molar-refractivity contribution in [3.05, 3.63) is 47.0 Å². The lowest BCUT2D eigenvalue weighted by atomic mass is 9.83. The summed E-state index contributed by atoms with van der Waals surface area (Å²) in [6.07, 6.45) is 15.4. The summed E-state index contributed by atoms with van der Waals surface area (Å²) >= 11 is 3.63. The van der Waals surface area contributed by atoms with E-state index in [2.05, 4.69) is 58.5 Å². The highest BCUT2D eigenvalue weighted by atomic mass is 79.9. The van der Waals surface area contributed by atoms with Gasteiger partial charge in [0.15, 0.2) is 0 Å². The minimum atomic E-state index is 0.247. The van der Waals surface area contributed by atoms with E-state index in [4.69, 9.17) is 4.74 Å². The lowest BCUT2D eigenvalue weighted by molar-refractivity contribution is 0.0882. The fraction of sp³-hybridized carbons (Fsp3) is 0.333. The van der Waals surface area contributed by atoms with Crippen molar-refractivity contribution in [1.29, 1.82) is 0 Å². The van der Waals surface area contributed by atoms with Gasteiger partial charge in [0.2, 0.25) is 0 Å². The van der Waals surface area contributed by atoms with Gasteiger partial charge in [0.1, 0.15) is 0 Å². The van der Waals surface area contributed by atoms with Crippen LogP contribution in [-0.2, 0) is 4.74 Å². The standard InChI is InChI=1S/C12H11BrO/c13-9-5-3-7-11-12(9)8-4-1-2-6-10(8)14-11/h1-8,10-12H. The minimum Gasteiger partial charge on any atom is -0.366 e. The summed E-state index contributed by atoms with van der Waals surface area (Å²) in [7, 11) is 0. The number of fused-ring (bicyclic) bond motifs is 3. The van der Waals surface area contributed by atoms with Crippen LogP contribution in [0.5, 0.6) is 0 Å². The SMILES string of the molecule is BrC1=CC=CC2OC3C=CC=CC3C12. The van der Waals surface area contributed by atoms with Crippen molar-refractivity contribution < 1.29 is 4.74 Å². The van der Waals surface area contributed by atoms with Gasteiger partial charge in [-0.3, -0.25) is 0 Å². The zero-order valence-electron chi connectivity index (χ0n) is 7.64. The maximum Gasteiger partial charge on any atom is 0.0847 e. The summed E-state index contributed by atoms with van der Waals surface area (Å²) in [5.74, 6) is 0.978. The molecule has 0 saturated carbocycles. The van der Waals surface area contributed by atoms with Gasteiger partial charge in [-0.15, -0.1) is 0 Å². The monoisotopic (exact) mass is 250 g/mol. The summed E-state index contributed by atoms with van der Waals surface area (Å²) in [4.78, 5) is 0. The van der Waals surface area contributed by atoms with Gasteiger partial charge in [0.05, 0.1) is 12.2 Å². The van der Waals surface area contributed by atoms with Crippen molar-refractivity contribution in [2.45, 2.75) is 12.2 Å². The van der Waals surface area contributed by atoms with Gasteiger partial charge in [-0.1, -0.05) is 58.5 Å². The van der Waals surface area contributed by atoms with Gasteiger partial charge in [-0.25, -0.2) is 0 Å². The summed E-state index contributed by atoms with van der Waals surface area (Å²) in [6, 6.07) is 0. The molecule has 0 radical (unpaired) electrons. The molecule has 72 valence electrons. The molecule has 4 unspecified atom stereocenters. The van der Waals surface area contributed by atoms with Crippen molar-refractivity contribution in [3.63, 3.8) is 0 Å². The predicted octanol–water partition coefficient (Wildman–Crippen LogP) is 2.96. The molecule has 1 aliphatic heterocycles. The molecule has 0 N–H and O–H groups in total. The second-order valence-electron chi connectivity index (χ2n) is 3.87. The van der Waals surface area contributed by atoms with Crippen LogP contribution in [0, 0.1) is 11.8 Å². The molecule has 3 rings (SSSR count). The van der Waals surface area contributed by atoms with Crippen LogP contribution < -0.4 is 0 Å². The molecular formula is C12H11BrO. The van der Waals surface area contributed by atoms with Crippen LogP contribution in [0.15, 0.2) is 47.0 Å². The van der Waals surface area contributed by atoms with Gasteiger partial charge in [-0.2, -0.15) is 0 Å². The molecule has 1 saturated heterocycles. The average molecular weight is 251 g/mol. The summed E-state index contributed by atoms with van der Waals surface area (Å²) in [5, 5.41) is 0. The van der Waals surface area contributed by atoms with Gasteiger partial charge < -0.3 is 4.74 Å². The molecule has 1 heterocycles. The highest BCUT2D eigenvalue weighted by molar-refractivity contribution is 9.11. The third kappa shape index (κ3) is 1.17. The molecule has 14 heavy (non-hydrogen) atoms. The molecule has 0 amide bonds. The first-order valence-electron chi connectivity index (χ1n) is 4.90. The number of halogens is 1. The van der Waals surface area contributed by atoms with Gasteiger partial charge >= 0.3 is 0 Å². The van der Waals surface area contributed by atoms with Gasteiger partial charge in [0, 0.05) is 16.3 Å². The molecule has 4 atom stereocenters. The third-order valence-electron chi connectivity index (χ3n) is 3.08. The molecule has 1 fully saturated rings. The van der Waals surface area contributed by atoms with E-state index in [1.54, 1.807) is 0 Å². The average Bonchev–Trinajstić information content (AvgIpc) is 2.57. The largest absolute Gasteiger partial charge is 0.366 e. The van der Waals surface area contributed by atoms with Crippen molar-refractivity contribution in [3.8, 4) is 0 Å². The Labute approximate surface area is 92.0 Å². The van der Waals surface area contributed by atoms with Crippen molar-refractivity contribution in [2.24, 2.45) is 11.8 Å². The molecule has 2 aliphatic carbocycles. The Bertz CT molecular complexity index is 365. The zero-order chi connectivity index (χ0) is 9.54. The Morgan fingerprint density at radius 3 is 2.71 bits per heavy atom. The third-order valence-corrected chi connectivity index (χ3v) is 3.88. The second-order valence-corrected chi connectivity index (χ2v) is 4.79. The van der Waals surface area contributed by atoms with E-state index in [1.165, 1.54) is 4.48 Å². The van der Waals surface area contributed by atoms with E-state index >= 15 is 0 Å². The summed E-state index contributed by atoms with van der Waals surface area (Å²) in [6.45, 7) is 0. The number of ether oxygens (including phenoxy) is 1. The van der Waals surface area contributed by atoms with Gasteiger partial charge in [-0.05, 0) is 0 Å². The topological polar surface area (TPSA) is 9.23 Å². The maximum atomic E-state index is 5.94. The van der Waals surface area contributed by atoms with Crippen molar-refractivity contribution >= 4 is 15.9 Å². The molecular weight excluding hydrogens is 240 g/mol. The zero-order valence-corrected chi connectivity index (χ0v) is 9.22. The van der Waals surface area contributed by atoms with E-state index in [0.717, 1.165) is 0 Å². The highest BCUT2D eigenvalue weighted by Crippen LogP contribution is 2.44. The Balaban J connectivity index is 1.98. The molecule has 3 aliphatic rings. The quantitative estimate of drug-likeness (QED) is 0.643. The fourth-order valence-electron chi connectivity index (χ4n) is 2.42. The normalized spacial score (nSPS) is 43.4. The minimum absolute atomic E-state index is 0.247. The number of hydrogen-bond acceptors (Lipinski definition) is 1. The van der Waals surface area contributed by atoms with Crippen molar-refractivity contribution in [2.75, 3.05) is 0 Å². The van der Waals surface area contributed by atoms with Crippen LogP contribution in [0.4, 0.5) is 0 Å². The lowest BCUT2D eigenvalue weighted by Crippen LogP contribution is -2.21. The fourth-order valence-corrected chi connectivity index (χ4v) is 3.14. The van der Waals surface area contributed by atoms with Crippen LogP contribution in [0.1, 0.15) is 0 Å². The lowest BCUT2D eigenvalue weighted by Gasteiger charge is -2.22. The Hall–Kier alpha value is -0.600. The number of allylic oxidation sites excluding steroid dienone is 4. The van der Waals surface area contributed by atoms with Crippen LogP contribution in [0.2, 0.25) is 0 Å². The van der Waals surface area contributed by atoms with Gasteiger partial charge in [0.25, 0.3) is 0 Å². The first kappa shape index (κ1) is 8.69. The smallest absolute Gasteiger partial charge is 0.0847 e. The van der Waals surface area contributed by atoms with E-state index in [9.17, 15) is 0 Å². The Kier molecular flexibility index (Phi) is 1.99. The molecule has 0 aromatic carbocycles. The molecule has 0 aromatic rings. The summed E-state index contributed by atoms with van der Waals surface area (Å²) < 4.78 is 7.21. The van der Waals surface area contributed by atoms with E-state index in [1.807, 2.05) is 0 Å². The van der Waals surface area contributed by atoms with Crippen LogP contribution in [-0.4, -0.2) is 12.2 Å². The molecule has 0 bridgehead atoms. The first-order valence-corrected chi connectivity index (χ1v) is 5.70. The Morgan fingerprint density at radius 1 is 1.00 bits per heavy atom. The van der Waals surface area contributed by atoms with E-state index in [-0.39, 0.29) is 12.2 Å². The number of rotatable bonds is 0. The van der Waals surface area contributed by atoms with Crippen LogP contribution >= 0.6 is 15.9 Å².